The predicted molar refractivity (Wildman–Crippen MR) is 155 cm³/mol. The molecule has 8 heteroatoms. The minimum absolute atomic E-state index is 0.0761. The monoisotopic (exact) mass is 548 g/mol. The van der Waals surface area contributed by atoms with Gasteiger partial charge in [0.15, 0.2) is 17.0 Å². The van der Waals surface area contributed by atoms with Gasteiger partial charge in [-0.25, -0.2) is 4.79 Å². The molecule has 4 rings (SSSR count). The minimum Gasteiger partial charge on any atom is -0.504 e. The maximum absolute atomic E-state index is 13.9. The highest BCUT2D eigenvalue weighted by Crippen LogP contribution is 2.47. The zero-order valence-corrected chi connectivity index (χ0v) is 23.9. The average molecular weight is 549 g/mol. The number of allylic oxidation sites excluding steroid dienone is 2. The highest BCUT2D eigenvalue weighted by Gasteiger charge is 2.47. The summed E-state index contributed by atoms with van der Waals surface area (Å²) in [5.41, 5.74) is 4.14. The molecule has 0 aromatic heterocycles. The first-order valence-electron chi connectivity index (χ1n) is 13.2. The van der Waals surface area contributed by atoms with E-state index in [9.17, 15) is 14.7 Å². The number of fused-ring (bicyclic) bond motifs is 1. The molecule has 39 heavy (non-hydrogen) atoms. The standard InChI is InChI=1S/C31H36N2O5S/c1-7-10-23-15-20(16-24(28(23)34)37-8-2)17-25-29(35)33-27(22-13-11-21(12-14-22)18(4)5)26(30(36)38-9-3)19(6)32-31(33)39-25/h7,11-18,27,31-32,34H,1,8-10H2,2-6H3/b25-17-/t27-,31+/m0/s1. The molecule has 0 bridgehead atoms. The van der Waals surface area contributed by atoms with E-state index in [2.05, 4.69) is 25.7 Å². The van der Waals surface area contributed by atoms with E-state index >= 15 is 0 Å². The number of nitrogens with one attached hydrogen (secondary N) is 1. The first-order chi connectivity index (χ1) is 18.7. The third kappa shape index (κ3) is 5.71. The lowest BCUT2D eigenvalue weighted by Crippen LogP contribution is -2.49. The van der Waals surface area contributed by atoms with Gasteiger partial charge < -0.3 is 19.9 Å². The van der Waals surface area contributed by atoms with Crippen molar-refractivity contribution in [3.05, 3.63) is 87.5 Å². The molecule has 0 saturated carbocycles. The van der Waals surface area contributed by atoms with Crippen molar-refractivity contribution in [3.63, 3.8) is 0 Å². The molecule has 1 fully saturated rings. The Morgan fingerprint density at radius 1 is 1.21 bits per heavy atom. The van der Waals surface area contributed by atoms with Gasteiger partial charge >= 0.3 is 5.97 Å². The average Bonchev–Trinajstić information content (AvgIpc) is 3.20. The molecule has 206 valence electrons. The lowest BCUT2D eigenvalue weighted by Gasteiger charge is -2.39. The van der Waals surface area contributed by atoms with Crippen LogP contribution in [0.1, 0.15) is 68.8 Å². The largest absolute Gasteiger partial charge is 0.504 e. The van der Waals surface area contributed by atoms with Crippen LogP contribution in [0.2, 0.25) is 0 Å². The summed E-state index contributed by atoms with van der Waals surface area (Å²) in [6.45, 7) is 14.1. The van der Waals surface area contributed by atoms with Gasteiger partial charge in [0.25, 0.3) is 5.91 Å². The maximum Gasteiger partial charge on any atom is 0.338 e. The van der Waals surface area contributed by atoms with Gasteiger partial charge in [0, 0.05) is 11.3 Å². The smallest absolute Gasteiger partial charge is 0.338 e. The molecule has 0 spiro atoms. The highest BCUT2D eigenvalue weighted by atomic mass is 32.2. The van der Waals surface area contributed by atoms with Gasteiger partial charge in [-0.15, -0.1) is 6.58 Å². The Morgan fingerprint density at radius 2 is 1.92 bits per heavy atom. The van der Waals surface area contributed by atoms with E-state index in [0.29, 0.717) is 46.4 Å². The van der Waals surface area contributed by atoms with Crippen LogP contribution in [0.5, 0.6) is 11.5 Å². The van der Waals surface area contributed by atoms with Crippen molar-refractivity contribution in [2.45, 2.75) is 58.5 Å². The molecule has 2 aromatic carbocycles. The van der Waals surface area contributed by atoms with Crippen LogP contribution in [0, 0.1) is 0 Å². The molecular formula is C31H36N2O5S. The second kappa shape index (κ2) is 12.0. The number of thioether (sulfide) groups is 1. The van der Waals surface area contributed by atoms with Crippen LogP contribution in [0.3, 0.4) is 0 Å². The zero-order chi connectivity index (χ0) is 28.3. The van der Waals surface area contributed by atoms with Crippen molar-refractivity contribution < 1.29 is 24.2 Å². The van der Waals surface area contributed by atoms with Crippen molar-refractivity contribution in [1.29, 1.82) is 0 Å². The van der Waals surface area contributed by atoms with Crippen LogP contribution >= 0.6 is 11.8 Å². The van der Waals surface area contributed by atoms with Gasteiger partial charge in [-0.1, -0.05) is 56.0 Å². The second-order valence-electron chi connectivity index (χ2n) is 9.77. The van der Waals surface area contributed by atoms with E-state index in [1.165, 1.54) is 17.3 Å². The van der Waals surface area contributed by atoms with Crippen LogP contribution < -0.4 is 10.1 Å². The minimum atomic E-state index is -0.599. The third-order valence-corrected chi connectivity index (χ3v) is 7.90. The molecule has 2 aliphatic heterocycles. The summed E-state index contributed by atoms with van der Waals surface area (Å²) < 4.78 is 11.1. The molecule has 0 radical (unpaired) electrons. The molecule has 0 unspecified atom stereocenters. The van der Waals surface area contributed by atoms with Gasteiger partial charge in [0.2, 0.25) is 0 Å². The van der Waals surface area contributed by atoms with Crippen LogP contribution in [0.15, 0.2) is 65.2 Å². The number of hydrogen-bond acceptors (Lipinski definition) is 7. The molecule has 2 aromatic rings. The summed E-state index contributed by atoms with van der Waals surface area (Å²) in [6, 6.07) is 11.0. The first-order valence-corrected chi connectivity index (χ1v) is 14.1. The van der Waals surface area contributed by atoms with E-state index in [1.807, 2.05) is 44.2 Å². The van der Waals surface area contributed by atoms with Crippen molar-refractivity contribution in [3.8, 4) is 11.5 Å². The topological polar surface area (TPSA) is 88.1 Å². The number of esters is 1. The normalized spacial score (nSPS) is 19.8. The lowest BCUT2D eigenvalue weighted by atomic mass is 9.91. The Labute approximate surface area is 234 Å². The van der Waals surface area contributed by atoms with E-state index in [1.54, 1.807) is 30.0 Å². The van der Waals surface area contributed by atoms with Crippen molar-refractivity contribution in [2.75, 3.05) is 13.2 Å². The number of phenolic OH excluding ortho intramolecular Hbond substituents is 1. The fraction of sp³-hybridized carbons (Fsp3) is 0.355. The van der Waals surface area contributed by atoms with Gasteiger partial charge in [-0.3, -0.25) is 9.69 Å². The van der Waals surface area contributed by atoms with Crippen LogP contribution in [0.25, 0.3) is 6.08 Å². The van der Waals surface area contributed by atoms with Gasteiger partial charge in [0.05, 0.1) is 29.7 Å². The van der Waals surface area contributed by atoms with Crippen LogP contribution in [-0.4, -0.2) is 40.6 Å². The SMILES string of the molecule is C=CCc1cc(/C=C2\S[C@@H]3NC(C)=C(C(=O)OCC)[C@H](c4ccc(C(C)C)cc4)N3C2=O)cc(OCC)c1O. The second-order valence-corrected chi connectivity index (χ2v) is 10.9. The molecule has 1 amide bonds. The first kappa shape index (κ1) is 28.4. The molecule has 2 atom stereocenters. The predicted octanol–water partition coefficient (Wildman–Crippen LogP) is 6.02. The number of aromatic hydroxyl groups is 1. The summed E-state index contributed by atoms with van der Waals surface area (Å²) in [5.74, 6) is 0.162. The van der Waals surface area contributed by atoms with Crippen molar-refractivity contribution in [1.82, 2.24) is 10.2 Å². The quantitative estimate of drug-likeness (QED) is 0.225. The molecule has 2 aliphatic rings. The summed E-state index contributed by atoms with van der Waals surface area (Å²) in [6.07, 6.45) is 3.97. The van der Waals surface area contributed by atoms with E-state index in [-0.39, 0.29) is 18.3 Å². The molecule has 2 heterocycles. The Morgan fingerprint density at radius 3 is 2.54 bits per heavy atom. The van der Waals surface area contributed by atoms with E-state index < -0.39 is 17.5 Å². The molecule has 2 N–H and O–H groups in total. The Kier molecular flexibility index (Phi) is 8.75. The fourth-order valence-electron chi connectivity index (χ4n) is 4.88. The Balaban J connectivity index is 1.77. The molecule has 1 saturated heterocycles. The van der Waals surface area contributed by atoms with Gasteiger partial charge in [0.1, 0.15) is 0 Å². The van der Waals surface area contributed by atoms with E-state index in [4.69, 9.17) is 9.47 Å². The van der Waals surface area contributed by atoms with Crippen LogP contribution in [-0.2, 0) is 20.7 Å². The summed E-state index contributed by atoms with van der Waals surface area (Å²) in [4.78, 5) is 29.3. The molecule has 0 aliphatic carbocycles. The summed E-state index contributed by atoms with van der Waals surface area (Å²) >= 11 is 1.39. The maximum atomic E-state index is 13.9. The molecule has 7 nitrogen and oxygen atoms in total. The number of ether oxygens (including phenoxy) is 2. The number of nitrogens with zero attached hydrogens (tertiary/aromatic N) is 1. The Bertz CT molecular complexity index is 1330. The number of rotatable bonds is 9. The Hall–Kier alpha value is -3.65. The van der Waals surface area contributed by atoms with Gasteiger partial charge in [-0.2, -0.15) is 0 Å². The fourth-order valence-corrected chi connectivity index (χ4v) is 6.10. The number of phenols is 1. The van der Waals surface area contributed by atoms with E-state index in [0.717, 1.165) is 11.1 Å². The third-order valence-electron chi connectivity index (χ3n) is 6.78. The van der Waals surface area contributed by atoms with Gasteiger partial charge in [-0.05, 0) is 68.0 Å². The summed E-state index contributed by atoms with van der Waals surface area (Å²) in [5, 5.41) is 13.9. The lowest BCUT2D eigenvalue weighted by molar-refractivity contribution is -0.140. The van der Waals surface area contributed by atoms with Crippen molar-refractivity contribution in [2.24, 2.45) is 0 Å². The number of carbonyl (C=O) groups excluding carboxylic acids is 2. The zero-order valence-electron chi connectivity index (χ0n) is 23.1. The number of amides is 1. The number of hydrogen-bond donors (Lipinski definition) is 2. The van der Waals surface area contributed by atoms with Crippen molar-refractivity contribution >= 4 is 29.7 Å². The number of carbonyl (C=O) groups is 2. The highest BCUT2D eigenvalue weighted by molar-refractivity contribution is 8.05. The summed E-state index contributed by atoms with van der Waals surface area (Å²) in [7, 11) is 0. The molecular weight excluding hydrogens is 512 g/mol. The van der Waals surface area contributed by atoms with Crippen LogP contribution in [0.4, 0.5) is 0 Å². The number of benzene rings is 2.